The number of aryl methyl sites for hydroxylation is 1. The van der Waals surface area contributed by atoms with Gasteiger partial charge in [-0.3, -0.25) is 9.69 Å². The maximum absolute atomic E-state index is 11.7. The molecule has 5 heteroatoms. The van der Waals surface area contributed by atoms with Gasteiger partial charge in [-0.1, -0.05) is 6.42 Å². The zero-order chi connectivity index (χ0) is 12.8. The molecule has 1 N–H and O–H groups in total. The smallest absolute Gasteiger partial charge is 0.254 e. The van der Waals surface area contributed by atoms with Crippen LogP contribution in [0.15, 0.2) is 16.5 Å². The van der Waals surface area contributed by atoms with Crippen molar-refractivity contribution in [2.45, 2.75) is 26.2 Å². The highest BCUT2D eigenvalue weighted by Crippen LogP contribution is 2.12. The van der Waals surface area contributed by atoms with E-state index in [1.807, 2.05) is 18.4 Å². The summed E-state index contributed by atoms with van der Waals surface area (Å²) in [4.78, 5) is 14.9. The lowest BCUT2D eigenvalue weighted by Crippen LogP contribution is -2.38. The van der Waals surface area contributed by atoms with Gasteiger partial charge in [0.1, 0.15) is 0 Å². The fourth-order valence-electron chi connectivity index (χ4n) is 2.04. The van der Waals surface area contributed by atoms with Gasteiger partial charge in [-0.2, -0.15) is 5.10 Å². The predicted molar refractivity (Wildman–Crippen MR) is 75.1 cm³/mol. The van der Waals surface area contributed by atoms with Gasteiger partial charge in [-0.15, -0.1) is 11.3 Å². The highest BCUT2D eigenvalue weighted by Gasteiger charge is 2.12. The van der Waals surface area contributed by atoms with E-state index in [2.05, 4.69) is 15.4 Å². The van der Waals surface area contributed by atoms with Gasteiger partial charge < -0.3 is 0 Å². The van der Waals surface area contributed by atoms with E-state index >= 15 is 0 Å². The molecule has 98 valence electrons. The molecule has 0 saturated carbocycles. The zero-order valence-electron chi connectivity index (χ0n) is 10.7. The molecule has 1 saturated heterocycles. The number of rotatable bonds is 4. The number of thiophene rings is 1. The van der Waals surface area contributed by atoms with Gasteiger partial charge in [0.25, 0.3) is 5.91 Å². The summed E-state index contributed by atoms with van der Waals surface area (Å²) in [6.45, 7) is 4.55. The second kappa shape index (κ2) is 6.66. The van der Waals surface area contributed by atoms with E-state index in [0.29, 0.717) is 6.54 Å². The van der Waals surface area contributed by atoms with Crippen molar-refractivity contribution in [3.63, 3.8) is 0 Å². The van der Waals surface area contributed by atoms with Crippen LogP contribution in [0.3, 0.4) is 0 Å². The summed E-state index contributed by atoms with van der Waals surface area (Å²) in [5.74, 6) is -0.0256. The Hall–Kier alpha value is -1.20. The molecule has 0 spiro atoms. The van der Waals surface area contributed by atoms with Crippen molar-refractivity contribution in [3.8, 4) is 0 Å². The predicted octanol–water partition coefficient (Wildman–Crippen LogP) is 1.99. The van der Waals surface area contributed by atoms with Crippen LogP contribution in [-0.2, 0) is 4.79 Å². The summed E-state index contributed by atoms with van der Waals surface area (Å²) < 4.78 is 0. The number of hydrazone groups is 1. The van der Waals surface area contributed by atoms with Gasteiger partial charge in [-0.25, -0.2) is 5.43 Å². The molecule has 1 fully saturated rings. The molecule has 1 aliphatic rings. The van der Waals surface area contributed by atoms with Gasteiger partial charge in [0.15, 0.2) is 0 Å². The van der Waals surface area contributed by atoms with Gasteiger partial charge in [-0.05, 0) is 49.9 Å². The third kappa shape index (κ3) is 3.92. The average molecular weight is 265 g/mol. The van der Waals surface area contributed by atoms with Gasteiger partial charge >= 0.3 is 0 Å². The van der Waals surface area contributed by atoms with Crippen LogP contribution in [0.2, 0.25) is 0 Å². The minimum absolute atomic E-state index is 0.0256. The van der Waals surface area contributed by atoms with Crippen molar-refractivity contribution in [1.82, 2.24) is 10.3 Å². The molecular weight excluding hydrogens is 246 g/mol. The topological polar surface area (TPSA) is 44.7 Å². The Bertz CT molecular complexity index is 422. The Morgan fingerprint density at radius 2 is 2.28 bits per heavy atom. The van der Waals surface area contributed by atoms with E-state index in [-0.39, 0.29) is 5.91 Å². The number of piperidine rings is 1. The molecule has 0 radical (unpaired) electrons. The third-order valence-electron chi connectivity index (χ3n) is 3.09. The number of carbonyl (C=O) groups is 1. The SMILES string of the molecule is Cc1ccsc1/C=N/NC(=O)CN1CCCCC1. The molecule has 0 bridgehead atoms. The van der Waals surface area contributed by atoms with Crippen LogP contribution in [0.5, 0.6) is 0 Å². The first kappa shape index (κ1) is 13.2. The van der Waals surface area contributed by atoms with Crippen molar-refractivity contribution in [3.05, 3.63) is 21.9 Å². The van der Waals surface area contributed by atoms with Crippen LogP contribution in [0.1, 0.15) is 29.7 Å². The molecule has 1 aromatic rings. The number of nitrogens with zero attached hydrogens (tertiary/aromatic N) is 2. The molecule has 0 unspecified atom stereocenters. The Morgan fingerprint density at radius 1 is 1.50 bits per heavy atom. The second-order valence-electron chi connectivity index (χ2n) is 4.60. The lowest BCUT2D eigenvalue weighted by atomic mass is 10.1. The fraction of sp³-hybridized carbons (Fsp3) is 0.538. The quantitative estimate of drug-likeness (QED) is 0.668. The van der Waals surface area contributed by atoms with Crippen LogP contribution in [0.25, 0.3) is 0 Å². The maximum Gasteiger partial charge on any atom is 0.254 e. The van der Waals surface area contributed by atoms with Crippen LogP contribution in [0, 0.1) is 6.92 Å². The molecule has 18 heavy (non-hydrogen) atoms. The van der Waals surface area contributed by atoms with Crippen LogP contribution in [-0.4, -0.2) is 36.7 Å². The fourth-order valence-corrected chi connectivity index (χ4v) is 2.82. The second-order valence-corrected chi connectivity index (χ2v) is 5.55. The van der Waals surface area contributed by atoms with E-state index < -0.39 is 0 Å². The summed E-state index contributed by atoms with van der Waals surface area (Å²) >= 11 is 1.63. The number of hydrogen-bond donors (Lipinski definition) is 1. The summed E-state index contributed by atoms with van der Waals surface area (Å²) in [5, 5.41) is 6.02. The average Bonchev–Trinajstić information content (AvgIpc) is 2.76. The number of hydrogen-bond acceptors (Lipinski definition) is 4. The van der Waals surface area contributed by atoms with Crippen molar-refractivity contribution >= 4 is 23.5 Å². The summed E-state index contributed by atoms with van der Waals surface area (Å²) in [5.41, 5.74) is 3.78. The molecule has 2 heterocycles. The lowest BCUT2D eigenvalue weighted by Gasteiger charge is -2.25. The molecule has 1 amide bonds. The summed E-state index contributed by atoms with van der Waals surface area (Å²) in [6, 6.07) is 2.04. The number of nitrogens with one attached hydrogen (secondary N) is 1. The Labute approximate surface area is 112 Å². The summed E-state index contributed by atoms with van der Waals surface area (Å²) in [6.07, 6.45) is 5.40. The largest absolute Gasteiger partial charge is 0.294 e. The van der Waals surface area contributed by atoms with Crippen molar-refractivity contribution in [2.75, 3.05) is 19.6 Å². The normalized spacial score (nSPS) is 17.2. The Kier molecular flexibility index (Phi) is 4.90. The first-order chi connectivity index (χ1) is 8.75. The van der Waals surface area contributed by atoms with E-state index in [0.717, 1.165) is 18.0 Å². The highest BCUT2D eigenvalue weighted by molar-refractivity contribution is 7.11. The van der Waals surface area contributed by atoms with Crippen molar-refractivity contribution < 1.29 is 4.79 Å². The molecule has 4 nitrogen and oxygen atoms in total. The Balaban J connectivity index is 1.74. The Morgan fingerprint density at radius 3 is 2.94 bits per heavy atom. The third-order valence-corrected chi connectivity index (χ3v) is 4.04. The minimum atomic E-state index is -0.0256. The summed E-state index contributed by atoms with van der Waals surface area (Å²) in [7, 11) is 0. The standard InChI is InChI=1S/C13H19N3OS/c1-11-5-8-18-12(11)9-14-15-13(17)10-16-6-3-2-4-7-16/h5,8-9H,2-4,6-7,10H2,1H3,(H,15,17)/b14-9+. The van der Waals surface area contributed by atoms with Crippen molar-refractivity contribution in [1.29, 1.82) is 0 Å². The van der Waals surface area contributed by atoms with Crippen LogP contribution in [0.4, 0.5) is 0 Å². The van der Waals surface area contributed by atoms with E-state index in [4.69, 9.17) is 0 Å². The molecule has 0 aliphatic carbocycles. The number of carbonyl (C=O) groups excluding carboxylic acids is 1. The molecule has 1 aliphatic heterocycles. The zero-order valence-corrected chi connectivity index (χ0v) is 11.5. The minimum Gasteiger partial charge on any atom is -0.294 e. The molecular formula is C13H19N3OS. The van der Waals surface area contributed by atoms with E-state index in [1.54, 1.807) is 17.6 Å². The first-order valence-corrected chi connectivity index (χ1v) is 7.22. The first-order valence-electron chi connectivity index (χ1n) is 6.34. The molecule has 1 aromatic heterocycles. The van der Waals surface area contributed by atoms with Crippen molar-refractivity contribution in [2.24, 2.45) is 5.10 Å². The maximum atomic E-state index is 11.7. The molecule has 2 rings (SSSR count). The van der Waals surface area contributed by atoms with Crippen LogP contribution < -0.4 is 5.43 Å². The van der Waals surface area contributed by atoms with Gasteiger partial charge in [0.05, 0.1) is 12.8 Å². The highest BCUT2D eigenvalue weighted by atomic mass is 32.1. The molecule has 0 aromatic carbocycles. The van der Waals surface area contributed by atoms with Gasteiger partial charge in [0.2, 0.25) is 0 Å². The monoisotopic (exact) mass is 265 g/mol. The van der Waals surface area contributed by atoms with Gasteiger partial charge in [0, 0.05) is 4.88 Å². The van der Waals surface area contributed by atoms with Crippen LogP contribution >= 0.6 is 11.3 Å². The molecule has 0 atom stereocenters. The number of amides is 1. The van der Waals surface area contributed by atoms with E-state index in [9.17, 15) is 4.79 Å². The lowest BCUT2D eigenvalue weighted by molar-refractivity contribution is -0.122. The number of likely N-dealkylation sites (tertiary alicyclic amines) is 1. The van der Waals surface area contributed by atoms with E-state index in [1.165, 1.54) is 24.8 Å².